The highest BCUT2D eigenvalue weighted by atomic mass is 16.6. The molecule has 0 amide bonds. The molecule has 0 fully saturated rings. The van der Waals surface area contributed by atoms with Crippen LogP contribution in [-0.2, 0) is 19.1 Å². The van der Waals surface area contributed by atoms with Crippen LogP contribution in [-0.4, -0.2) is 24.6 Å². The zero-order valence-electron chi connectivity index (χ0n) is 11.5. The lowest BCUT2D eigenvalue weighted by atomic mass is 9.96. The van der Waals surface area contributed by atoms with E-state index in [1.54, 1.807) is 0 Å². The van der Waals surface area contributed by atoms with Crippen molar-refractivity contribution in [2.75, 3.05) is 6.61 Å². The predicted octanol–water partition coefficient (Wildman–Crippen LogP) is 2.55. The van der Waals surface area contributed by atoms with Crippen molar-refractivity contribution in [1.82, 2.24) is 0 Å². The first-order valence-corrected chi connectivity index (χ1v) is 6.23. The lowest BCUT2D eigenvalue weighted by Crippen LogP contribution is -2.29. The van der Waals surface area contributed by atoms with E-state index >= 15 is 0 Å². The third-order valence-corrected chi connectivity index (χ3v) is 2.34. The minimum atomic E-state index is -0.511. The zero-order valence-corrected chi connectivity index (χ0v) is 11.5. The van der Waals surface area contributed by atoms with E-state index in [1.807, 2.05) is 34.6 Å². The Balaban J connectivity index is 4.10. The molecule has 0 N–H and O–H groups in total. The molecule has 0 unspecified atom stereocenters. The number of carbonyl (C=O) groups excluding carboxylic acids is 2. The smallest absolute Gasteiger partial charge is 0.317 e. The Hall–Kier alpha value is -1.06. The maximum absolute atomic E-state index is 11.5. The van der Waals surface area contributed by atoms with E-state index in [0.717, 1.165) is 6.42 Å². The quantitative estimate of drug-likeness (QED) is 0.510. The molecule has 0 saturated heterocycles. The van der Waals surface area contributed by atoms with E-state index in [4.69, 9.17) is 9.47 Å². The van der Waals surface area contributed by atoms with Gasteiger partial charge in [-0.2, -0.15) is 0 Å². The first-order valence-electron chi connectivity index (χ1n) is 6.23. The summed E-state index contributed by atoms with van der Waals surface area (Å²) in [5.74, 6) is -0.530. The van der Waals surface area contributed by atoms with E-state index in [-0.39, 0.29) is 24.4 Å². The SMILES string of the molecule is CCCOC(=O)CC(=O)OC(C(C)C)C(C)C. The molecule has 17 heavy (non-hydrogen) atoms. The Morgan fingerprint density at radius 2 is 1.53 bits per heavy atom. The second-order valence-corrected chi connectivity index (χ2v) is 4.84. The fraction of sp³-hybridized carbons (Fsp3) is 0.846. The van der Waals surface area contributed by atoms with Crippen LogP contribution in [0.3, 0.4) is 0 Å². The largest absolute Gasteiger partial charge is 0.465 e. The van der Waals surface area contributed by atoms with Gasteiger partial charge in [0.25, 0.3) is 0 Å². The predicted molar refractivity (Wildman–Crippen MR) is 65.4 cm³/mol. The van der Waals surface area contributed by atoms with Crippen molar-refractivity contribution in [3.05, 3.63) is 0 Å². The number of hydrogen-bond donors (Lipinski definition) is 0. The van der Waals surface area contributed by atoms with E-state index in [0.29, 0.717) is 6.61 Å². The Bertz CT molecular complexity index is 238. The third-order valence-electron chi connectivity index (χ3n) is 2.34. The van der Waals surface area contributed by atoms with E-state index < -0.39 is 11.9 Å². The average molecular weight is 244 g/mol. The van der Waals surface area contributed by atoms with Crippen LogP contribution in [0.25, 0.3) is 0 Å². The number of carbonyl (C=O) groups is 2. The van der Waals surface area contributed by atoms with Gasteiger partial charge in [-0.1, -0.05) is 34.6 Å². The molecule has 0 bridgehead atoms. The van der Waals surface area contributed by atoms with Crippen molar-refractivity contribution in [1.29, 1.82) is 0 Å². The van der Waals surface area contributed by atoms with Gasteiger partial charge in [-0.3, -0.25) is 9.59 Å². The van der Waals surface area contributed by atoms with Crippen LogP contribution < -0.4 is 0 Å². The van der Waals surface area contributed by atoms with Crippen molar-refractivity contribution in [3.8, 4) is 0 Å². The summed E-state index contributed by atoms with van der Waals surface area (Å²) in [6, 6.07) is 0. The van der Waals surface area contributed by atoms with Crippen LogP contribution in [0.1, 0.15) is 47.5 Å². The van der Waals surface area contributed by atoms with E-state index in [2.05, 4.69) is 0 Å². The normalized spacial score (nSPS) is 11.1. The standard InChI is InChI=1S/C13H24O4/c1-6-7-16-11(14)8-12(15)17-13(9(2)3)10(4)5/h9-10,13H,6-8H2,1-5H3. The molecule has 0 aromatic heterocycles. The van der Waals surface area contributed by atoms with Crippen LogP contribution in [0, 0.1) is 11.8 Å². The van der Waals surface area contributed by atoms with Crippen molar-refractivity contribution in [2.45, 2.75) is 53.6 Å². The Morgan fingerprint density at radius 3 is 1.94 bits per heavy atom. The van der Waals surface area contributed by atoms with Gasteiger partial charge >= 0.3 is 11.9 Å². The second-order valence-electron chi connectivity index (χ2n) is 4.84. The number of hydrogen-bond acceptors (Lipinski definition) is 4. The van der Waals surface area contributed by atoms with Crippen LogP contribution in [0.2, 0.25) is 0 Å². The third kappa shape index (κ3) is 6.97. The van der Waals surface area contributed by atoms with E-state index in [1.165, 1.54) is 0 Å². The molecular weight excluding hydrogens is 220 g/mol. The van der Waals surface area contributed by atoms with E-state index in [9.17, 15) is 9.59 Å². The highest BCUT2D eigenvalue weighted by molar-refractivity contribution is 5.91. The van der Waals surface area contributed by atoms with Gasteiger partial charge in [-0.05, 0) is 18.3 Å². The molecule has 100 valence electrons. The molecule has 0 aliphatic heterocycles. The molecular formula is C13H24O4. The van der Waals surface area contributed by atoms with Crippen LogP contribution in [0.15, 0.2) is 0 Å². The minimum absolute atomic E-state index is 0.151. The fourth-order valence-electron chi connectivity index (χ4n) is 1.62. The van der Waals surface area contributed by atoms with Gasteiger partial charge in [-0.25, -0.2) is 0 Å². The molecule has 0 radical (unpaired) electrons. The molecule has 0 atom stereocenters. The zero-order chi connectivity index (χ0) is 13.4. The lowest BCUT2D eigenvalue weighted by molar-refractivity contribution is -0.161. The summed E-state index contributed by atoms with van der Waals surface area (Å²) in [5.41, 5.74) is 0. The first-order chi connectivity index (χ1) is 7.88. The summed E-state index contributed by atoms with van der Waals surface area (Å²) < 4.78 is 10.1. The first kappa shape index (κ1) is 15.9. The van der Waals surface area contributed by atoms with Gasteiger partial charge in [-0.15, -0.1) is 0 Å². The summed E-state index contributed by atoms with van der Waals surface area (Å²) in [6.45, 7) is 10.2. The molecule has 0 aromatic rings. The van der Waals surface area contributed by atoms with Crippen molar-refractivity contribution in [2.24, 2.45) is 11.8 Å². The molecule has 0 saturated carbocycles. The Kier molecular flexibility index (Phi) is 7.59. The van der Waals surface area contributed by atoms with Crippen molar-refractivity contribution < 1.29 is 19.1 Å². The average Bonchev–Trinajstić information content (AvgIpc) is 2.22. The van der Waals surface area contributed by atoms with Crippen molar-refractivity contribution >= 4 is 11.9 Å². The van der Waals surface area contributed by atoms with Gasteiger partial charge in [0.15, 0.2) is 0 Å². The molecule has 0 heterocycles. The summed E-state index contributed by atoms with van der Waals surface area (Å²) in [5, 5.41) is 0. The summed E-state index contributed by atoms with van der Waals surface area (Å²) in [4.78, 5) is 22.7. The van der Waals surface area contributed by atoms with Crippen molar-refractivity contribution in [3.63, 3.8) is 0 Å². The number of esters is 2. The maximum Gasteiger partial charge on any atom is 0.317 e. The van der Waals surface area contributed by atoms with Gasteiger partial charge in [0, 0.05) is 0 Å². The fourth-order valence-corrected chi connectivity index (χ4v) is 1.62. The highest BCUT2D eigenvalue weighted by Crippen LogP contribution is 2.16. The number of rotatable bonds is 7. The summed E-state index contributed by atoms with van der Waals surface area (Å²) >= 11 is 0. The minimum Gasteiger partial charge on any atom is -0.465 e. The van der Waals surface area contributed by atoms with Gasteiger partial charge < -0.3 is 9.47 Å². The molecule has 0 rings (SSSR count). The maximum atomic E-state index is 11.5. The highest BCUT2D eigenvalue weighted by Gasteiger charge is 2.23. The summed E-state index contributed by atoms with van der Waals surface area (Å²) in [6.07, 6.45) is 0.304. The van der Waals surface area contributed by atoms with Crippen LogP contribution in [0.4, 0.5) is 0 Å². The lowest BCUT2D eigenvalue weighted by Gasteiger charge is -2.24. The van der Waals surface area contributed by atoms with Crippen LogP contribution >= 0.6 is 0 Å². The summed E-state index contributed by atoms with van der Waals surface area (Å²) in [7, 11) is 0. The van der Waals surface area contributed by atoms with Crippen LogP contribution in [0.5, 0.6) is 0 Å². The molecule has 0 aromatic carbocycles. The van der Waals surface area contributed by atoms with Gasteiger partial charge in [0.1, 0.15) is 12.5 Å². The molecule has 4 heteroatoms. The monoisotopic (exact) mass is 244 g/mol. The Morgan fingerprint density at radius 1 is 1.00 bits per heavy atom. The molecule has 0 spiro atoms. The topological polar surface area (TPSA) is 52.6 Å². The molecule has 0 aliphatic rings. The molecule has 4 nitrogen and oxygen atoms in total. The second kappa shape index (κ2) is 8.09. The Labute approximate surface area is 104 Å². The number of ether oxygens (including phenoxy) is 2. The van der Waals surface area contributed by atoms with Gasteiger partial charge in [0.05, 0.1) is 6.61 Å². The molecule has 0 aliphatic carbocycles. The van der Waals surface area contributed by atoms with Gasteiger partial charge in [0.2, 0.25) is 0 Å².